The maximum absolute atomic E-state index is 11.3. The van der Waals surface area contributed by atoms with Crippen LogP contribution in [0.2, 0.25) is 0 Å². The van der Waals surface area contributed by atoms with Gasteiger partial charge in [-0.2, -0.15) is 5.10 Å². The Hall–Kier alpha value is -2.37. The second kappa shape index (κ2) is 5.99. The molecule has 6 heteroatoms. The van der Waals surface area contributed by atoms with Crippen molar-refractivity contribution in [3.63, 3.8) is 0 Å². The van der Waals surface area contributed by atoms with Gasteiger partial charge in [0.15, 0.2) is 0 Å². The van der Waals surface area contributed by atoms with E-state index in [1.54, 1.807) is 17.1 Å². The number of nitrogens with one attached hydrogen (secondary N) is 2. The zero-order valence-corrected chi connectivity index (χ0v) is 11.1. The Morgan fingerprint density at radius 3 is 2.74 bits per heavy atom. The molecule has 0 unspecified atom stereocenters. The number of hydrogen-bond donors (Lipinski definition) is 2. The molecule has 0 bridgehead atoms. The quantitative estimate of drug-likeness (QED) is 0.869. The van der Waals surface area contributed by atoms with Gasteiger partial charge in [-0.25, -0.2) is 4.79 Å². The van der Waals surface area contributed by atoms with Gasteiger partial charge in [0, 0.05) is 31.5 Å². The highest BCUT2D eigenvalue weighted by Gasteiger charge is 2.08. The molecule has 2 aromatic heterocycles. The van der Waals surface area contributed by atoms with Crippen molar-refractivity contribution in [3.05, 3.63) is 36.3 Å². The normalized spacial score (nSPS) is 10.2. The zero-order chi connectivity index (χ0) is 13.7. The molecule has 2 N–H and O–H groups in total. The molecule has 0 aliphatic carbocycles. The van der Waals surface area contributed by atoms with E-state index in [0.29, 0.717) is 13.1 Å². The predicted octanol–water partition coefficient (Wildman–Crippen LogP) is 1.30. The number of urea groups is 1. The van der Waals surface area contributed by atoms with Crippen molar-refractivity contribution in [2.75, 3.05) is 6.54 Å². The number of rotatable bonds is 4. The van der Waals surface area contributed by atoms with Crippen LogP contribution < -0.4 is 10.6 Å². The fraction of sp³-hybridized carbons (Fsp3) is 0.308. The van der Waals surface area contributed by atoms with E-state index in [0.717, 1.165) is 17.0 Å². The van der Waals surface area contributed by atoms with Crippen LogP contribution in [0.4, 0.5) is 4.79 Å². The lowest BCUT2D eigenvalue weighted by Crippen LogP contribution is -2.34. The van der Waals surface area contributed by atoms with Gasteiger partial charge < -0.3 is 10.6 Å². The molecular formula is C13H17N5O. The summed E-state index contributed by atoms with van der Waals surface area (Å²) in [5.41, 5.74) is 2.87. The third-order valence-electron chi connectivity index (χ3n) is 2.67. The van der Waals surface area contributed by atoms with Gasteiger partial charge in [-0.05, 0) is 25.1 Å². The van der Waals surface area contributed by atoms with Crippen LogP contribution in [-0.4, -0.2) is 27.3 Å². The number of pyridine rings is 1. The summed E-state index contributed by atoms with van der Waals surface area (Å²) in [6.45, 7) is 2.89. The van der Waals surface area contributed by atoms with Crippen LogP contribution in [0.3, 0.4) is 0 Å². The van der Waals surface area contributed by atoms with Crippen molar-refractivity contribution >= 4 is 6.03 Å². The minimum atomic E-state index is -0.182. The van der Waals surface area contributed by atoms with E-state index in [2.05, 4.69) is 20.7 Å². The van der Waals surface area contributed by atoms with Crippen molar-refractivity contribution in [1.82, 2.24) is 25.4 Å². The molecule has 0 radical (unpaired) electrons. The predicted molar refractivity (Wildman–Crippen MR) is 72.4 cm³/mol. The lowest BCUT2D eigenvalue weighted by atomic mass is 10.2. The zero-order valence-electron chi connectivity index (χ0n) is 11.1. The summed E-state index contributed by atoms with van der Waals surface area (Å²) in [4.78, 5) is 15.3. The second-order valence-corrected chi connectivity index (χ2v) is 4.09. The van der Waals surface area contributed by atoms with Gasteiger partial charge in [0.2, 0.25) is 0 Å². The van der Waals surface area contributed by atoms with E-state index >= 15 is 0 Å². The van der Waals surface area contributed by atoms with E-state index in [1.165, 1.54) is 0 Å². The van der Waals surface area contributed by atoms with Gasteiger partial charge in [-0.15, -0.1) is 0 Å². The van der Waals surface area contributed by atoms with Crippen LogP contribution in [0.15, 0.2) is 30.6 Å². The Morgan fingerprint density at radius 2 is 2.05 bits per heavy atom. The third kappa shape index (κ3) is 3.31. The molecule has 0 atom stereocenters. The van der Waals surface area contributed by atoms with Crippen molar-refractivity contribution in [3.8, 4) is 11.3 Å². The summed E-state index contributed by atoms with van der Waals surface area (Å²) >= 11 is 0. The van der Waals surface area contributed by atoms with Gasteiger partial charge in [0.25, 0.3) is 0 Å². The first kappa shape index (κ1) is 13.1. The molecule has 0 spiro atoms. The molecular weight excluding hydrogens is 242 g/mol. The fourth-order valence-corrected chi connectivity index (χ4v) is 1.80. The van der Waals surface area contributed by atoms with Gasteiger partial charge in [-0.3, -0.25) is 9.67 Å². The van der Waals surface area contributed by atoms with Crippen molar-refractivity contribution < 1.29 is 4.79 Å². The van der Waals surface area contributed by atoms with Crippen LogP contribution in [0.5, 0.6) is 0 Å². The molecule has 6 nitrogen and oxygen atoms in total. The first-order valence-corrected chi connectivity index (χ1v) is 6.15. The van der Waals surface area contributed by atoms with Crippen LogP contribution in [0, 0.1) is 0 Å². The van der Waals surface area contributed by atoms with Gasteiger partial charge in [-0.1, -0.05) is 0 Å². The SMILES string of the molecule is CCNC(=O)NCc1cc(-c2ccncc2)n(C)n1. The number of carbonyl (C=O) groups excluding carboxylic acids is 1. The summed E-state index contributed by atoms with van der Waals surface area (Å²) in [7, 11) is 1.88. The Balaban J connectivity index is 2.07. The average molecular weight is 259 g/mol. The molecule has 2 heterocycles. The average Bonchev–Trinajstić information content (AvgIpc) is 2.79. The van der Waals surface area contributed by atoms with Crippen LogP contribution >= 0.6 is 0 Å². The van der Waals surface area contributed by atoms with Crippen molar-refractivity contribution in [2.45, 2.75) is 13.5 Å². The van der Waals surface area contributed by atoms with E-state index in [-0.39, 0.29) is 6.03 Å². The lowest BCUT2D eigenvalue weighted by molar-refractivity contribution is 0.241. The summed E-state index contributed by atoms with van der Waals surface area (Å²) in [6, 6.07) is 5.64. The molecule has 0 saturated heterocycles. The highest BCUT2D eigenvalue weighted by Crippen LogP contribution is 2.18. The molecule has 0 aliphatic heterocycles. The number of carbonyl (C=O) groups is 1. The standard InChI is InChI=1S/C13H17N5O/c1-3-15-13(19)16-9-11-8-12(18(2)17-11)10-4-6-14-7-5-10/h4-8H,3,9H2,1-2H3,(H2,15,16,19). The van der Waals surface area contributed by atoms with E-state index in [1.807, 2.05) is 32.2 Å². The largest absolute Gasteiger partial charge is 0.338 e. The van der Waals surface area contributed by atoms with Crippen molar-refractivity contribution in [2.24, 2.45) is 7.05 Å². The molecule has 0 saturated carbocycles. The Labute approximate surface area is 111 Å². The smallest absolute Gasteiger partial charge is 0.315 e. The van der Waals surface area contributed by atoms with Gasteiger partial charge in [0.05, 0.1) is 17.9 Å². The molecule has 2 rings (SSSR count). The monoisotopic (exact) mass is 259 g/mol. The molecule has 0 aromatic carbocycles. The molecule has 0 fully saturated rings. The topological polar surface area (TPSA) is 71.8 Å². The van der Waals surface area contributed by atoms with Crippen LogP contribution in [-0.2, 0) is 13.6 Å². The molecule has 100 valence electrons. The van der Waals surface area contributed by atoms with Crippen molar-refractivity contribution in [1.29, 1.82) is 0 Å². The molecule has 0 aliphatic rings. The van der Waals surface area contributed by atoms with Gasteiger partial charge in [0.1, 0.15) is 0 Å². The molecule has 2 aromatic rings. The van der Waals surface area contributed by atoms with Crippen LogP contribution in [0.1, 0.15) is 12.6 Å². The number of aromatic nitrogens is 3. The Kier molecular flexibility index (Phi) is 4.12. The van der Waals surface area contributed by atoms with E-state index in [4.69, 9.17) is 0 Å². The maximum Gasteiger partial charge on any atom is 0.315 e. The summed E-state index contributed by atoms with van der Waals surface area (Å²) in [5, 5.41) is 9.80. The summed E-state index contributed by atoms with van der Waals surface area (Å²) in [6.07, 6.45) is 3.49. The number of hydrogen-bond acceptors (Lipinski definition) is 3. The summed E-state index contributed by atoms with van der Waals surface area (Å²) in [5.74, 6) is 0. The van der Waals surface area contributed by atoms with E-state index < -0.39 is 0 Å². The van der Waals surface area contributed by atoms with Gasteiger partial charge >= 0.3 is 6.03 Å². The minimum Gasteiger partial charge on any atom is -0.338 e. The Morgan fingerprint density at radius 1 is 1.32 bits per heavy atom. The highest BCUT2D eigenvalue weighted by molar-refractivity contribution is 5.73. The number of aryl methyl sites for hydroxylation is 1. The second-order valence-electron chi connectivity index (χ2n) is 4.09. The van der Waals surface area contributed by atoms with Crippen LogP contribution in [0.25, 0.3) is 11.3 Å². The first-order chi connectivity index (χ1) is 9.20. The number of amides is 2. The highest BCUT2D eigenvalue weighted by atomic mass is 16.2. The fourth-order valence-electron chi connectivity index (χ4n) is 1.80. The lowest BCUT2D eigenvalue weighted by Gasteiger charge is -2.02. The molecule has 2 amide bonds. The maximum atomic E-state index is 11.3. The first-order valence-electron chi connectivity index (χ1n) is 6.15. The Bertz CT molecular complexity index is 549. The third-order valence-corrected chi connectivity index (χ3v) is 2.67. The van der Waals surface area contributed by atoms with E-state index in [9.17, 15) is 4.79 Å². The molecule has 19 heavy (non-hydrogen) atoms. The summed E-state index contributed by atoms with van der Waals surface area (Å²) < 4.78 is 1.80. The number of nitrogens with zero attached hydrogens (tertiary/aromatic N) is 3. The minimum absolute atomic E-state index is 0.182.